The van der Waals surface area contributed by atoms with Crippen molar-refractivity contribution >= 4 is 21.7 Å². The molecule has 0 saturated heterocycles. The molecule has 3 aromatic carbocycles. The quantitative estimate of drug-likeness (QED) is 0.491. The molecule has 6 nitrogen and oxygen atoms in total. The highest BCUT2D eigenvalue weighted by Crippen LogP contribution is 2.24. The number of anilines is 1. The third-order valence-electron chi connectivity index (χ3n) is 4.72. The zero-order valence-corrected chi connectivity index (χ0v) is 18.6. The Labute approximate surface area is 183 Å². The molecule has 0 atom stereocenters. The highest BCUT2D eigenvalue weighted by molar-refractivity contribution is 7.92. The summed E-state index contributed by atoms with van der Waals surface area (Å²) in [6.07, 6.45) is 0. The third kappa shape index (κ3) is 5.86. The molecule has 7 heteroatoms. The molecule has 0 aliphatic carbocycles. The summed E-state index contributed by atoms with van der Waals surface area (Å²) in [6.45, 7) is 3.83. The smallest absolute Gasteiger partial charge is 0.344 e. The van der Waals surface area contributed by atoms with Gasteiger partial charge in [0.05, 0.1) is 10.6 Å². The number of aryl methyl sites for hydroxylation is 2. The number of hydrogen-bond donors (Lipinski definition) is 0. The average Bonchev–Trinajstić information content (AvgIpc) is 2.76. The maximum atomic E-state index is 12.8. The standard InChI is InChI=1S/C24H25NO5S/c1-18-7-13-23(14-8-18)31(27,28)25(3)21-9-11-22(12-10-21)29-17-24(26)30-16-20-6-4-5-19(2)15-20/h4-15H,16-17H2,1-3H3. The van der Waals surface area contributed by atoms with Gasteiger partial charge in [0.2, 0.25) is 0 Å². The van der Waals surface area contributed by atoms with Gasteiger partial charge >= 0.3 is 5.97 Å². The minimum absolute atomic E-state index is 0.185. The van der Waals surface area contributed by atoms with Crippen LogP contribution in [0.15, 0.2) is 77.7 Å². The van der Waals surface area contributed by atoms with Gasteiger partial charge in [-0.15, -0.1) is 0 Å². The fraction of sp³-hybridized carbons (Fsp3) is 0.208. The summed E-state index contributed by atoms with van der Waals surface area (Å²) >= 11 is 0. The van der Waals surface area contributed by atoms with Crippen LogP contribution >= 0.6 is 0 Å². The molecule has 0 amide bonds. The van der Waals surface area contributed by atoms with Crippen LogP contribution in [0.2, 0.25) is 0 Å². The van der Waals surface area contributed by atoms with Crippen molar-refractivity contribution in [1.29, 1.82) is 0 Å². The van der Waals surface area contributed by atoms with E-state index < -0.39 is 16.0 Å². The van der Waals surface area contributed by atoms with Crippen LogP contribution in [0, 0.1) is 13.8 Å². The van der Waals surface area contributed by atoms with Gasteiger partial charge in [-0.1, -0.05) is 47.5 Å². The van der Waals surface area contributed by atoms with E-state index in [1.807, 2.05) is 38.1 Å². The molecule has 0 N–H and O–H groups in total. The van der Waals surface area contributed by atoms with E-state index in [1.165, 1.54) is 11.4 Å². The SMILES string of the molecule is Cc1ccc(S(=O)(=O)N(C)c2ccc(OCC(=O)OCc3cccc(C)c3)cc2)cc1. The van der Waals surface area contributed by atoms with Gasteiger partial charge in [0.15, 0.2) is 6.61 Å². The first-order valence-electron chi connectivity index (χ1n) is 9.75. The summed E-state index contributed by atoms with van der Waals surface area (Å²) in [7, 11) is -2.17. The van der Waals surface area contributed by atoms with Gasteiger partial charge in [-0.2, -0.15) is 0 Å². The lowest BCUT2D eigenvalue weighted by Gasteiger charge is -2.20. The first-order chi connectivity index (χ1) is 14.8. The van der Waals surface area contributed by atoms with E-state index in [4.69, 9.17) is 9.47 Å². The Morgan fingerprint density at radius 2 is 1.58 bits per heavy atom. The molecule has 0 aliphatic heterocycles. The summed E-state index contributed by atoms with van der Waals surface area (Å²) < 4.78 is 37.5. The molecular formula is C24H25NO5S. The summed E-state index contributed by atoms with van der Waals surface area (Å²) in [5.74, 6) is -0.0398. The van der Waals surface area contributed by atoms with Gasteiger partial charge in [-0.25, -0.2) is 13.2 Å². The second-order valence-corrected chi connectivity index (χ2v) is 9.19. The largest absolute Gasteiger partial charge is 0.482 e. The number of ether oxygens (including phenoxy) is 2. The van der Waals surface area contributed by atoms with Crippen LogP contribution in [0.25, 0.3) is 0 Å². The van der Waals surface area contributed by atoms with Crippen LogP contribution in [-0.4, -0.2) is 28.0 Å². The number of nitrogens with zero attached hydrogens (tertiary/aromatic N) is 1. The number of esters is 1. The predicted molar refractivity (Wildman–Crippen MR) is 120 cm³/mol. The molecule has 0 bridgehead atoms. The lowest BCUT2D eigenvalue weighted by molar-refractivity contribution is -0.147. The third-order valence-corrected chi connectivity index (χ3v) is 6.52. The fourth-order valence-corrected chi connectivity index (χ4v) is 4.10. The van der Waals surface area contributed by atoms with Crippen molar-refractivity contribution < 1.29 is 22.7 Å². The number of hydrogen-bond acceptors (Lipinski definition) is 5. The molecule has 0 fully saturated rings. The summed E-state index contributed by atoms with van der Waals surface area (Å²) in [5.41, 5.74) is 3.48. The van der Waals surface area contributed by atoms with Gasteiger partial charge in [0.25, 0.3) is 10.0 Å². The van der Waals surface area contributed by atoms with E-state index in [0.717, 1.165) is 16.7 Å². The Balaban J connectivity index is 1.55. The van der Waals surface area contributed by atoms with E-state index in [1.54, 1.807) is 48.5 Å². The maximum Gasteiger partial charge on any atom is 0.344 e. The van der Waals surface area contributed by atoms with Crippen molar-refractivity contribution in [3.05, 3.63) is 89.5 Å². The number of carbonyl (C=O) groups is 1. The number of carbonyl (C=O) groups excluding carboxylic acids is 1. The fourth-order valence-electron chi connectivity index (χ4n) is 2.91. The molecule has 162 valence electrons. The number of rotatable bonds is 8. The van der Waals surface area contributed by atoms with Crippen LogP contribution < -0.4 is 9.04 Å². The van der Waals surface area contributed by atoms with Crippen molar-refractivity contribution in [3.63, 3.8) is 0 Å². The first-order valence-corrected chi connectivity index (χ1v) is 11.2. The Kier molecular flexibility index (Phi) is 6.97. The molecule has 0 saturated carbocycles. The number of sulfonamides is 1. The Morgan fingerprint density at radius 3 is 2.23 bits per heavy atom. The number of benzene rings is 3. The van der Waals surface area contributed by atoms with E-state index in [-0.39, 0.29) is 18.1 Å². The summed E-state index contributed by atoms with van der Waals surface area (Å²) in [6, 6.07) is 20.9. The Bertz CT molecular complexity index is 1140. The van der Waals surface area contributed by atoms with E-state index in [2.05, 4.69) is 0 Å². The minimum Gasteiger partial charge on any atom is -0.482 e. The zero-order chi connectivity index (χ0) is 22.4. The lowest BCUT2D eigenvalue weighted by Crippen LogP contribution is -2.26. The molecule has 0 aliphatic rings. The molecule has 0 aromatic heterocycles. The normalized spacial score (nSPS) is 11.1. The van der Waals surface area contributed by atoms with Gasteiger partial charge < -0.3 is 9.47 Å². The van der Waals surface area contributed by atoms with Crippen LogP contribution in [-0.2, 0) is 26.2 Å². The van der Waals surface area contributed by atoms with Gasteiger partial charge in [-0.05, 0) is 55.8 Å². The van der Waals surface area contributed by atoms with Gasteiger partial charge in [0, 0.05) is 7.05 Å². The molecule has 3 aromatic rings. The highest BCUT2D eigenvalue weighted by Gasteiger charge is 2.21. The van der Waals surface area contributed by atoms with Crippen LogP contribution in [0.5, 0.6) is 5.75 Å². The molecule has 3 rings (SSSR count). The van der Waals surface area contributed by atoms with Crippen LogP contribution in [0.1, 0.15) is 16.7 Å². The second kappa shape index (κ2) is 9.66. The second-order valence-electron chi connectivity index (χ2n) is 7.22. The molecule has 0 radical (unpaired) electrons. The molecule has 31 heavy (non-hydrogen) atoms. The minimum atomic E-state index is -3.67. The van der Waals surface area contributed by atoms with Gasteiger partial charge in [0.1, 0.15) is 12.4 Å². The Hall–Kier alpha value is -3.32. The lowest BCUT2D eigenvalue weighted by atomic mass is 10.1. The van der Waals surface area contributed by atoms with E-state index >= 15 is 0 Å². The maximum absolute atomic E-state index is 12.8. The van der Waals surface area contributed by atoms with Crippen molar-refractivity contribution in [2.24, 2.45) is 0 Å². The van der Waals surface area contributed by atoms with Crippen LogP contribution in [0.4, 0.5) is 5.69 Å². The Morgan fingerprint density at radius 1 is 0.903 bits per heavy atom. The van der Waals surface area contributed by atoms with Crippen molar-refractivity contribution in [2.75, 3.05) is 18.0 Å². The first kappa shape index (κ1) is 22.4. The highest BCUT2D eigenvalue weighted by atomic mass is 32.2. The molecular weight excluding hydrogens is 414 g/mol. The average molecular weight is 440 g/mol. The summed E-state index contributed by atoms with van der Waals surface area (Å²) in [5, 5.41) is 0. The van der Waals surface area contributed by atoms with Gasteiger partial charge in [-0.3, -0.25) is 4.31 Å². The van der Waals surface area contributed by atoms with E-state index in [9.17, 15) is 13.2 Å². The zero-order valence-electron chi connectivity index (χ0n) is 17.7. The van der Waals surface area contributed by atoms with Crippen LogP contribution in [0.3, 0.4) is 0 Å². The molecule has 0 unspecified atom stereocenters. The molecule has 0 heterocycles. The topological polar surface area (TPSA) is 72.9 Å². The predicted octanol–water partition coefficient (Wildman–Crippen LogP) is 4.25. The van der Waals surface area contributed by atoms with E-state index in [0.29, 0.717) is 11.4 Å². The van der Waals surface area contributed by atoms with Crippen molar-refractivity contribution in [3.8, 4) is 5.75 Å². The van der Waals surface area contributed by atoms with Crippen molar-refractivity contribution in [2.45, 2.75) is 25.3 Å². The molecule has 0 spiro atoms. The van der Waals surface area contributed by atoms with Crippen molar-refractivity contribution in [1.82, 2.24) is 0 Å². The summed E-state index contributed by atoms with van der Waals surface area (Å²) in [4.78, 5) is 12.1. The monoisotopic (exact) mass is 439 g/mol.